The number of carbonyl (C=O) groups is 1. The minimum Gasteiger partial charge on any atom is -0.480 e. The normalized spacial score (nSPS) is 28.3. The predicted molar refractivity (Wildman–Crippen MR) is 64.3 cm³/mol. The monoisotopic (exact) mass is 231 g/mol. The number of hydrogen-bond donors (Lipinski definition) is 2. The van der Waals surface area contributed by atoms with Gasteiger partial charge in [0.15, 0.2) is 0 Å². The third-order valence-corrected chi connectivity index (χ3v) is 4.00. The van der Waals surface area contributed by atoms with E-state index in [1.165, 1.54) is 0 Å². The highest BCUT2D eigenvalue weighted by Gasteiger charge is 2.27. The third kappa shape index (κ3) is 4.43. The maximum absolute atomic E-state index is 11.0. The summed E-state index contributed by atoms with van der Waals surface area (Å²) in [5.41, 5.74) is 0. The van der Waals surface area contributed by atoms with E-state index in [2.05, 4.69) is 26.1 Å². The van der Waals surface area contributed by atoms with E-state index >= 15 is 0 Å². The van der Waals surface area contributed by atoms with Crippen LogP contribution in [0.1, 0.15) is 33.6 Å². The van der Waals surface area contributed by atoms with Crippen LogP contribution < -0.4 is 5.32 Å². The average Bonchev–Trinajstić information content (AvgIpc) is 2.49. The molecule has 88 valence electrons. The molecule has 0 aromatic rings. The fraction of sp³-hybridized carbons (Fsp3) is 0.909. The Balaban J connectivity index is 2.40. The van der Waals surface area contributed by atoms with Gasteiger partial charge in [-0.25, -0.2) is 0 Å². The average molecular weight is 231 g/mol. The van der Waals surface area contributed by atoms with Crippen molar-refractivity contribution in [2.45, 2.75) is 50.9 Å². The van der Waals surface area contributed by atoms with Crippen LogP contribution in [0.3, 0.4) is 0 Å². The highest BCUT2D eigenvalue weighted by molar-refractivity contribution is 8.00. The van der Waals surface area contributed by atoms with E-state index in [4.69, 9.17) is 5.11 Å². The molecule has 0 radical (unpaired) electrons. The first-order valence-corrected chi connectivity index (χ1v) is 6.64. The van der Waals surface area contributed by atoms with Gasteiger partial charge in [-0.2, -0.15) is 11.8 Å². The summed E-state index contributed by atoms with van der Waals surface area (Å²) < 4.78 is 0. The molecule has 0 aliphatic carbocycles. The number of thioether (sulfide) groups is 1. The second-order valence-electron chi connectivity index (χ2n) is 4.76. The molecule has 2 N–H and O–H groups in total. The van der Waals surface area contributed by atoms with Crippen LogP contribution in [0.2, 0.25) is 0 Å². The lowest BCUT2D eigenvalue weighted by atomic mass is 10.0. The molecular weight excluding hydrogens is 210 g/mol. The lowest BCUT2D eigenvalue weighted by Gasteiger charge is -2.20. The highest BCUT2D eigenvalue weighted by atomic mass is 32.2. The summed E-state index contributed by atoms with van der Waals surface area (Å²) in [5.74, 6) is 0.751. The lowest BCUT2D eigenvalue weighted by Crippen LogP contribution is -2.44. The van der Waals surface area contributed by atoms with Crippen molar-refractivity contribution >= 4 is 17.7 Å². The van der Waals surface area contributed by atoms with E-state index < -0.39 is 5.97 Å². The van der Waals surface area contributed by atoms with E-state index in [0.717, 1.165) is 12.2 Å². The Kier molecular flexibility index (Phi) is 4.93. The molecule has 15 heavy (non-hydrogen) atoms. The van der Waals surface area contributed by atoms with Crippen LogP contribution in [0.5, 0.6) is 0 Å². The van der Waals surface area contributed by atoms with Gasteiger partial charge in [-0.3, -0.25) is 4.79 Å². The Hall–Kier alpha value is -0.220. The van der Waals surface area contributed by atoms with Crippen LogP contribution in [-0.4, -0.2) is 34.2 Å². The summed E-state index contributed by atoms with van der Waals surface area (Å²) in [7, 11) is 0. The van der Waals surface area contributed by atoms with Gasteiger partial charge in [-0.1, -0.05) is 20.8 Å². The number of nitrogens with one attached hydrogen (secondary N) is 1. The van der Waals surface area contributed by atoms with E-state index in [9.17, 15) is 4.79 Å². The minimum absolute atomic E-state index is 0.374. The molecule has 0 aromatic carbocycles. The van der Waals surface area contributed by atoms with Crippen molar-refractivity contribution in [3.8, 4) is 0 Å². The molecule has 3 unspecified atom stereocenters. The second kappa shape index (κ2) is 5.75. The molecule has 1 heterocycles. The van der Waals surface area contributed by atoms with E-state index in [0.29, 0.717) is 23.6 Å². The first-order chi connectivity index (χ1) is 6.99. The molecule has 4 heteroatoms. The first kappa shape index (κ1) is 12.8. The Morgan fingerprint density at radius 2 is 2.27 bits per heavy atom. The van der Waals surface area contributed by atoms with Crippen LogP contribution in [0.4, 0.5) is 0 Å². The van der Waals surface area contributed by atoms with Gasteiger partial charge in [0.05, 0.1) is 0 Å². The molecule has 3 nitrogen and oxygen atoms in total. The maximum atomic E-state index is 11.0. The van der Waals surface area contributed by atoms with Gasteiger partial charge in [0.25, 0.3) is 0 Å². The number of carboxylic acid groups (broad SMARTS) is 1. The molecule has 3 atom stereocenters. The number of hydrogen-bond acceptors (Lipinski definition) is 3. The number of rotatable bonds is 5. The lowest BCUT2D eigenvalue weighted by molar-refractivity contribution is -0.140. The number of carboxylic acids is 1. The van der Waals surface area contributed by atoms with E-state index in [-0.39, 0.29) is 6.04 Å². The zero-order valence-corrected chi connectivity index (χ0v) is 10.5. The molecule has 1 saturated heterocycles. The van der Waals surface area contributed by atoms with Crippen LogP contribution in [-0.2, 0) is 4.79 Å². The first-order valence-electron chi connectivity index (χ1n) is 5.59. The van der Waals surface area contributed by atoms with Crippen molar-refractivity contribution in [3.63, 3.8) is 0 Å². The summed E-state index contributed by atoms with van der Waals surface area (Å²) in [6.45, 7) is 6.32. The fourth-order valence-electron chi connectivity index (χ4n) is 1.93. The van der Waals surface area contributed by atoms with Gasteiger partial charge >= 0.3 is 5.97 Å². The maximum Gasteiger partial charge on any atom is 0.320 e. The summed E-state index contributed by atoms with van der Waals surface area (Å²) in [4.78, 5) is 11.0. The summed E-state index contributed by atoms with van der Waals surface area (Å²) >= 11 is 1.92. The van der Waals surface area contributed by atoms with Crippen molar-refractivity contribution in [3.05, 3.63) is 0 Å². The van der Waals surface area contributed by atoms with Gasteiger partial charge < -0.3 is 10.4 Å². The van der Waals surface area contributed by atoms with Crippen LogP contribution in [0, 0.1) is 5.92 Å². The standard InChI is InChI=1S/C11H21NO2S/c1-7(2)4-10(11(13)14)12-9-5-8(3)15-6-9/h7-10,12H,4-6H2,1-3H3,(H,13,14). The van der Waals surface area contributed by atoms with Gasteiger partial charge in [0.2, 0.25) is 0 Å². The topological polar surface area (TPSA) is 49.3 Å². The molecule has 1 aliphatic heterocycles. The summed E-state index contributed by atoms with van der Waals surface area (Å²) in [6.07, 6.45) is 1.80. The van der Waals surface area contributed by atoms with E-state index in [1.807, 2.05) is 11.8 Å². The SMILES string of the molecule is CC(C)CC(NC1CSC(C)C1)C(=O)O. The Labute approximate surface area is 96.0 Å². The third-order valence-electron chi connectivity index (χ3n) is 2.64. The van der Waals surface area contributed by atoms with Crippen LogP contribution in [0.25, 0.3) is 0 Å². The summed E-state index contributed by atoms with van der Waals surface area (Å²) in [6, 6.07) is 0.00532. The van der Waals surface area contributed by atoms with E-state index in [1.54, 1.807) is 0 Å². The van der Waals surface area contributed by atoms with Gasteiger partial charge in [-0.15, -0.1) is 0 Å². The predicted octanol–water partition coefficient (Wildman–Crippen LogP) is 1.97. The smallest absolute Gasteiger partial charge is 0.320 e. The molecule has 0 spiro atoms. The molecule has 0 saturated carbocycles. The van der Waals surface area contributed by atoms with Gasteiger partial charge in [0, 0.05) is 17.0 Å². The largest absolute Gasteiger partial charge is 0.480 e. The summed E-state index contributed by atoms with van der Waals surface area (Å²) in [5, 5.41) is 13.0. The molecule has 1 aliphatic rings. The number of aliphatic carboxylic acids is 1. The van der Waals surface area contributed by atoms with Crippen molar-refractivity contribution in [1.29, 1.82) is 0 Å². The van der Waals surface area contributed by atoms with Crippen molar-refractivity contribution < 1.29 is 9.90 Å². The minimum atomic E-state index is -0.715. The quantitative estimate of drug-likeness (QED) is 0.759. The van der Waals surface area contributed by atoms with Crippen molar-refractivity contribution in [2.75, 3.05) is 5.75 Å². The second-order valence-corrected chi connectivity index (χ2v) is 6.24. The zero-order chi connectivity index (χ0) is 11.4. The molecule has 0 bridgehead atoms. The van der Waals surface area contributed by atoms with Crippen molar-refractivity contribution in [2.24, 2.45) is 5.92 Å². The fourth-order valence-corrected chi connectivity index (χ4v) is 3.09. The van der Waals surface area contributed by atoms with Crippen molar-refractivity contribution in [1.82, 2.24) is 5.32 Å². The Bertz CT molecular complexity index is 221. The zero-order valence-electron chi connectivity index (χ0n) is 9.69. The highest BCUT2D eigenvalue weighted by Crippen LogP contribution is 2.26. The Morgan fingerprint density at radius 1 is 1.60 bits per heavy atom. The Morgan fingerprint density at radius 3 is 2.67 bits per heavy atom. The molecule has 0 aromatic heterocycles. The molecular formula is C11H21NO2S. The van der Waals surface area contributed by atoms with Crippen LogP contribution >= 0.6 is 11.8 Å². The van der Waals surface area contributed by atoms with Gasteiger partial charge in [0.1, 0.15) is 6.04 Å². The molecule has 0 amide bonds. The molecule has 1 fully saturated rings. The molecule has 1 rings (SSSR count). The van der Waals surface area contributed by atoms with Gasteiger partial charge in [-0.05, 0) is 18.8 Å². The van der Waals surface area contributed by atoms with Crippen LogP contribution in [0.15, 0.2) is 0 Å².